The first kappa shape index (κ1) is 25.5. The Kier molecular flexibility index (Phi) is 8.18. The summed E-state index contributed by atoms with van der Waals surface area (Å²) < 4.78 is 36.4. The Balaban J connectivity index is 0.00000256. The molecule has 8 atom stereocenters. The summed E-state index contributed by atoms with van der Waals surface area (Å²) in [6, 6.07) is 0. The fourth-order valence-corrected chi connectivity index (χ4v) is 9.36. The maximum Gasteiger partial charge on any atom is 1.00 e. The molecule has 30 heavy (non-hydrogen) atoms. The van der Waals surface area contributed by atoms with Gasteiger partial charge in [0.15, 0.2) is 0 Å². The van der Waals surface area contributed by atoms with Crippen LogP contribution in [-0.2, 0) is 14.6 Å². The molecule has 0 aromatic heterocycles. The van der Waals surface area contributed by atoms with Crippen molar-refractivity contribution >= 4 is 10.4 Å². The van der Waals surface area contributed by atoms with Crippen molar-refractivity contribution in [2.24, 2.45) is 46.3 Å². The van der Waals surface area contributed by atoms with E-state index in [1.807, 2.05) is 0 Å². The Morgan fingerprint density at radius 1 is 0.967 bits per heavy atom. The smallest absolute Gasteiger partial charge is 0.726 e. The molecule has 168 valence electrons. The van der Waals surface area contributed by atoms with Crippen molar-refractivity contribution in [1.82, 2.24) is 0 Å². The van der Waals surface area contributed by atoms with Gasteiger partial charge >= 0.3 is 29.6 Å². The van der Waals surface area contributed by atoms with Crippen LogP contribution in [0.25, 0.3) is 0 Å². The Labute approximate surface area is 206 Å². The van der Waals surface area contributed by atoms with Crippen LogP contribution in [0.1, 0.15) is 97.8 Å². The molecule has 0 amide bonds. The Bertz CT molecular complexity index is 697. The average Bonchev–Trinajstić information content (AvgIpc) is 3.01. The van der Waals surface area contributed by atoms with Crippen LogP contribution in [0.5, 0.6) is 0 Å². The van der Waals surface area contributed by atoms with E-state index in [2.05, 4.69) is 25.0 Å². The van der Waals surface area contributed by atoms with Crippen molar-refractivity contribution in [3.8, 4) is 0 Å². The summed E-state index contributed by atoms with van der Waals surface area (Å²) in [6.07, 6.45) is 15.9. The molecule has 4 fully saturated rings. The van der Waals surface area contributed by atoms with Crippen LogP contribution in [0, 0.1) is 46.3 Å². The van der Waals surface area contributed by atoms with Crippen LogP contribution >= 0.6 is 0 Å². The zero-order valence-electron chi connectivity index (χ0n) is 19.7. The molecule has 0 spiro atoms. The topological polar surface area (TPSA) is 66.4 Å². The van der Waals surface area contributed by atoms with Gasteiger partial charge in [0.2, 0.25) is 10.4 Å². The number of hydrogen-bond donors (Lipinski definition) is 0. The molecule has 4 aliphatic carbocycles. The molecule has 0 bridgehead atoms. The molecular formula is C24H41NaO4S. The van der Waals surface area contributed by atoms with E-state index >= 15 is 0 Å². The third kappa shape index (κ3) is 4.73. The first-order valence-corrected chi connectivity index (χ1v) is 13.6. The average molecular weight is 449 g/mol. The van der Waals surface area contributed by atoms with Gasteiger partial charge in [0, 0.05) is 0 Å². The van der Waals surface area contributed by atoms with E-state index in [4.69, 9.17) is 0 Å². The van der Waals surface area contributed by atoms with E-state index in [1.54, 1.807) is 0 Å². The van der Waals surface area contributed by atoms with Crippen LogP contribution in [0.2, 0.25) is 0 Å². The van der Waals surface area contributed by atoms with Gasteiger partial charge in [0.1, 0.15) is 0 Å². The third-order valence-corrected chi connectivity index (χ3v) is 10.8. The van der Waals surface area contributed by atoms with E-state index < -0.39 is 10.4 Å². The van der Waals surface area contributed by atoms with Crippen LogP contribution in [0.15, 0.2) is 0 Å². The summed E-state index contributed by atoms with van der Waals surface area (Å²) in [4.78, 5) is 0. The molecule has 0 N–H and O–H groups in total. The molecule has 4 saturated carbocycles. The van der Waals surface area contributed by atoms with Gasteiger partial charge < -0.3 is 4.55 Å². The molecule has 4 aliphatic rings. The molecule has 0 radical (unpaired) electrons. The molecule has 6 heteroatoms. The minimum absolute atomic E-state index is 0. The predicted octanol–water partition coefficient (Wildman–Crippen LogP) is 2.93. The Morgan fingerprint density at radius 3 is 2.43 bits per heavy atom. The molecule has 0 heterocycles. The van der Waals surface area contributed by atoms with Crippen molar-refractivity contribution in [1.29, 1.82) is 0 Å². The first-order chi connectivity index (χ1) is 13.7. The molecule has 4 nitrogen and oxygen atoms in total. The van der Waals surface area contributed by atoms with Gasteiger partial charge in [0.05, 0.1) is 6.61 Å². The molecule has 0 aromatic rings. The normalized spacial score (nSPS) is 44.3. The summed E-state index contributed by atoms with van der Waals surface area (Å²) in [5.41, 5.74) is 1.05. The fourth-order valence-electron chi connectivity index (χ4n) is 9.04. The van der Waals surface area contributed by atoms with Gasteiger partial charge in [-0.15, -0.1) is 0 Å². The van der Waals surface area contributed by atoms with Crippen molar-refractivity contribution in [3.63, 3.8) is 0 Å². The molecule has 4 rings (SSSR count). The first-order valence-electron chi connectivity index (χ1n) is 12.3. The second-order valence-corrected chi connectivity index (χ2v) is 12.5. The van der Waals surface area contributed by atoms with E-state index in [9.17, 15) is 13.0 Å². The van der Waals surface area contributed by atoms with Crippen LogP contribution in [0.4, 0.5) is 0 Å². The zero-order valence-corrected chi connectivity index (χ0v) is 22.5. The van der Waals surface area contributed by atoms with Crippen molar-refractivity contribution in [3.05, 3.63) is 0 Å². The van der Waals surface area contributed by atoms with E-state index in [0.717, 1.165) is 36.0 Å². The maximum absolute atomic E-state index is 10.7. The Hall–Kier alpha value is 0.870. The van der Waals surface area contributed by atoms with Crippen LogP contribution in [-0.4, -0.2) is 19.6 Å². The predicted molar refractivity (Wildman–Crippen MR) is 114 cm³/mol. The number of hydrogen-bond acceptors (Lipinski definition) is 4. The Morgan fingerprint density at radius 2 is 1.70 bits per heavy atom. The van der Waals surface area contributed by atoms with E-state index in [1.165, 1.54) is 64.2 Å². The molecule has 0 aromatic carbocycles. The summed E-state index contributed by atoms with van der Waals surface area (Å²) in [5, 5.41) is 0. The van der Waals surface area contributed by atoms with Crippen molar-refractivity contribution < 1.29 is 46.7 Å². The van der Waals surface area contributed by atoms with Crippen LogP contribution < -0.4 is 29.6 Å². The van der Waals surface area contributed by atoms with Crippen LogP contribution in [0.3, 0.4) is 0 Å². The van der Waals surface area contributed by atoms with Gasteiger partial charge in [-0.25, -0.2) is 8.42 Å². The molecule has 0 saturated heterocycles. The summed E-state index contributed by atoms with van der Waals surface area (Å²) in [6.45, 7) is 7.61. The van der Waals surface area contributed by atoms with Crippen molar-refractivity contribution in [2.75, 3.05) is 6.61 Å². The minimum atomic E-state index is -4.55. The van der Waals surface area contributed by atoms with Gasteiger partial charge in [-0.3, -0.25) is 4.18 Å². The summed E-state index contributed by atoms with van der Waals surface area (Å²) in [7, 11) is -4.55. The molecule has 0 unspecified atom stereocenters. The van der Waals surface area contributed by atoms with Crippen molar-refractivity contribution in [2.45, 2.75) is 97.8 Å². The second kappa shape index (κ2) is 9.62. The van der Waals surface area contributed by atoms with E-state index in [-0.39, 0.29) is 36.2 Å². The maximum atomic E-state index is 10.7. The van der Waals surface area contributed by atoms with Gasteiger partial charge in [-0.1, -0.05) is 33.6 Å². The standard InChI is InChI=1S/C24H42O4S.Na/c1-17(7-6-16-28-29(25,26)27)20-11-12-21-19-10-9-18-8-4-5-14-23(18,2)22(19)13-15-24(20,21)3;/h17-22H,4-16H2,1-3H3,(H,25,26,27);/q;+1/p-1/t17-,18+,19-,20-,21+,22+,23+,24-;/m1./s1. The quantitative estimate of drug-likeness (QED) is 0.271. The largest absolute Gasteiger partial charge is 1.00 e. The van der Waals surface area contributed by atoms with Gasteiger partial charge in [-0.05, 0) is 111 Å². The van der Waals surface area contributed by atoms with Gasteiger partial charge in [-0.2, -0.15) is 0 Å². The summed E-state index contributed by atoms with van der Waals surface area (Å²) in [5.74, 6) is 5.04. The van der Waals surface area contributed by atoms with E-state index in [0.29, 0.717) is 23.2 Å². The minimum Gasteiger partial charge on any atom is -0.726 e. The molecular weight excluding hydrogens is 407 g/mol. The monoisotopic (exact) mass is 448 g/mol. The van der Waals surface area contributed by atoms with Gasteiger partial charge in [0.25, 0.3) is 0 Å². The fraction of sp³-hybridized carbons (Fsp3) is 1.00. The number of rotatable bonds is 6. The summed E-state index contributed by atoms with van der Waals surface area (Å²) >= 11 is 0. The number of fused-ring (bicyclic) bond motifs is 5. The SMILES string of the molecule is C[C@H](CCCOS(=O)(=O)[O-])[C@H]1CC[C@H]2[C@H]3CC[C@@H]4CCCC[C@]4(C)[C@H]3CC[C@]12C.[Na+]. The second-order valence-electron chi connectivity index (χ2n) is 11.5. The third-order valence-electron chi connectivity index (χ3n) is 10.4. The molecule has 0 aliphatic heterocycles. The zero-order chi connectivity index (χ0) is 20.9.